The van der Waals surface area contributed by atoms with Crippen molar-refractivity contribution < 1.29 is 32.6 Å². The van der Waals surface area contributed by atoms with Crippen molar-refractivity contribution in [3.05, 3.63) is 125 Å². The summed E-state index contributed by atoms with van der Waals surface area (Å²) in [7, 11) is -0.577. The van der Waals surface area contributed by atoms with Crippen molar-refractivity contribution in [2.75, 3.05) is 31.2 Å². The van der Waals surface area contributed by atoms with Crippen LogP contribution in [0, 0.1) is 0 Å². The number of methoxy groups -OCH3 is 2. The maximum absolute atomic E-state index is 13.8. The van der Waals surface area contributed by atoms with Gasteiger partial charge in [0.15, 0.2) is 0 Å². The zero-order valence-corrected chi connectivity index (χ0v) is 28.9. The van der Waals surface area contributed by atoms with Crippen LogP contribution in [0.2, 0.25) is 0 Å². The molecule has 5 N–H and O–H groups in total. The smallest absolute Gasteiger partial charge is 0.251 e. The number of hydrogen-bond donors (Lipinski definition) is 5. The molecule has 260 valence electrons. The molecule has 0 spiro atoms. The number of aliphatic hydroxyl groups is 1. The first kappa shape index (κ1) is 36.9. The number of sulfonamides is 1. The Labute approximate surface area is 288 Å². The zero-order chi connectivity index (χ0) is 35.4. The number of benzene rings is 4. The molecule has 0 saturated heterocycles. The van der Waals surface area contributed by atoms with E-state index in [9.17, 15) is 23.1 Å². The molecule has 0 saturated carbocycles. The van der Waals surface area contributed by atoms with Crippen LogP contribution in [-0.2, 0) is 23.0 Å². The first-order valence-corrected chi connectivity index (χ1v) is 17.6. The Kier molecular flexibility index (Phi) is 13.2. The molecule has 0 aliphatic heterocycles. The average molecular weight is 689 g/mol. The van der Waals surface area contributed by atoms with Gasteiger partial charge in [-0.25, -0.2) is 8.42 Å². The van der Waals surface area contributed by atoms with Gasteiger partial charge in [-0.05, 0) is 79.4 Å². The normalized spacial score (nSPS) is 13.1. The number of amides is 2. The average Bonchev–Trinajstić information content (AvgIpc) is 3.11. The highest BCUT2D eigenvalue weighted by Gasteiger charge is 2.24. The molecule has 0 radical (unpaired) electrons. The van der Waals surface area contributed by atoms with E-state index < -0.39 is 40.0 Å². The third kappa shape index (κ3) is 11.1. The maximum Gasteiger partial charge on any atom is 0.251 e. The van der Waals surface area contributed by atoms with Crippen LogP contribution < -0.4 is 30.1 Å². The number of carbonyl (C=O) groups is 2. The van der Waals surface area contributed by atoms with Gasteiger partial charge >= 0.3 is 0 Å². The van der Waals surface area contributed by atoms with Gasteiger partial charge < -0.3 is 30.5 Å². The van der Waals surface area contributed by atoms with E-state index in [1.807, 2.05) is 73.7 Å². The van der Waals surface area contributed by atoms with Crippen LogP contribution in [0.3, 0.4) is 0 Å². The Bertz CT molecular complexity index is 1820. The number of hydrogen-bond acceptors (Lipinski definition) is 8. The Morgan fingerprint density at radius 2 is 1.39 bits per heavy atom. The summed E-state index contributed by atoms with van der Waals surface area (Å²) in [6, 6.07) is 27.3. The minimum absolute atomic E-state index is 0.0464. The van der Waals surface area contributed by atoms with Crippen LogP contribution >= 0.6 is 0 Å². The van der Waals surface area contributed by atoms with E-state index in [2.05, 4.69) is 20.7 Å². The van der Waals surface area contributed by atoms with Crippen LogP contribution in [0.4, 0.5) is 5.69 Å². The summed E-state index contributed by atoms with van der Waals surface area (Å²) in [5.74, 6) is 0.0627. The highest BCUT2D eigenvalue weighted by Crippen LogP contribution is 2.22. The summed E-state index contributed by atoms with van der Waals surface area (Å²) >= 11 is 0. The van der Waals surface area contributed by atoms with Crippen LogP contribution in [0.15, 0.2) is 97.1 Å². The van der Waals surface area contributed by atoms with Crippen molar-refractivity contribution in [1.82, 2.24) is 16.0 Å². The van der Waals surface area contributed by atoms with E-state index in [-0.39, 0.29) is 29.1 Å². The lowest BCUT2D eigenvalue weighted by Gasteiger charge is -2.25. The quantitative estimate of drug-likeness (QED) is 0.109. The Balaban J connectivity index is 1.57. The zero-order valence-electron chi connectivity index (χ0n) is 28.1. The molecule has 49 heavy (non-hydrogen) atoms. The van der Waals surface area contributed by atoms with E-state index in [1.54, 1.807) is 26.4 Å². The molecule has 2 amide bonds. The summed E-state index contributed by atoms with van der Waals surface area (Å²) in [6.07, 6.45) is -0.676. The molecule has 4 aromatic rings. The molecule has 4 rings (SSSR count). The summed E-state index contributed by atoms with van der Waals surface area (Å²) in [4.78, 5) is 27.3. The fourth-order valence-electron chi connectivity index (χ4n) is 5.17. The Hall–Kier alpha value is -4.91. The third-order valence-corrected chi connectivity index (χ3v) is 9.26. The minimum atomic E-state index is -3.73. The SMILES string of the molecule is CCS(=O)(=O)Nc1cc(C(=O)N[C@@H](Cc2ccccc2)[C@H](O)CNCc2cccc(OC)c2)cc(C(=O)N[C@H](C)c2cccc(OC)c2)c1. The molecule has 0 fully saturated rings. The predicted molar refractivity (Wildman–Crippen MR) is 191 cm³/mol. The molecule has 0 bridgehead atoms. The first-order valence-electron chi connectivity index (χ1n) is 16.0. The second kappa shape index (κ2) is 17.5. The molecule has 4 aromatic carbocycles. The molecular weight excluding hydrogens is 644 g/mol. The standard InChI is InChI=1S/C37H44N4O7S/c1-5-49(45,46)41-31-20-29(36(43)39-25(2)28-14-10-16-33(22-28)48-4)19-30(21-31)37(44)40-34(18-26-11-7-6-8-12-26)35(42)24-38-23-27-13-9-15-32(17-27)47-3/h6-17,19-22,25,34-35,38,41-42H,5,18,23-24H2,1-4H3,(H,39,43)(H,40,44)/t25-,34+,35-/m1/s1. The van der Waals surface area contributed by atoms with Crippen molar-refractivity contribution >= 4 is 27.5 Å². The van der Waals surface area contributed by atoms with Gasteiger partial charge in [0.05, 0.1) is 43.8 Å². The monoisotopic (exact) mass is 688 g/mol. The van der Waals surface area contributed by atoms with Crippen LogP contribution in [0.1, 0.15) is 57.3 Å². The molecule has 3 atom stereocenters. The first-order chi connectivity index (χ1) is 23.5. The molecular formula is C37H44N4O7S. The number of ether oxygens (including phenoxy) is 2. The number of nitrogens with one attached hydrogen (secondary N) is 4. The lowest BCUT2D eigenvalue weighted by molar-refractivity contribution is 0.0830. The molecule has 0 unspecified atom stereocenters. The van der Waals surface area contributed by atoms with E-state index >= 15 is 0 Å². The highest BCUT2D eigenvalue weighted by molar-refractivity contribution is 7.92. The molecule has 0 heterocycles. The fraction of sp³-hybridized carbons (Fsp3) is 0.297. The van der Waals surface area contributed by atoms with E-state index in [1.165, 1.54) is 25.1 Å². The van der Waals surface area contributed by atoms with Gasteiger partial charge in [0.2, 0.25) is 10.0 Å². The second-order valence-electron chi connectivity index (χ2n) is 11.6. The van der Waals surface area contributed by atoms with Gasteiger partial charge in [-0.3, -0.25) is 14.3 Å². The van der Waals surface area contributed by atoms with Gasteiger partial charge in [0.1, 0.15) is 11.5 Å². The third-order valence-electron chi connectivity index (χ3n) is 7.95. The fourth-order valence-corrected chi connectivity index (χ4v) is 5.79. The van der Waals surface area contributed by atoms with Crippen molar-refractivity contribution in [3.8, 4) is 11.5 Å². The highest BCUT2D eigenvalue weighted by atomic mass is 32.2. The van der Waals surface area contributed by atoms with Gasteiger partial charge in [-0.2, -0.15) is 0 Å². The van der Waals surface area contributed by atoms with Crippen LogP contribution in [-0.4, -0.2) is 64.0 Å². The maximum atomic E-state index is 13.8. The molecule has 0 aromatic heterocycles. The summed E-state index contributed by atoms with van der Waals surface area (Å²) < 4.78 is 38.0. The van der Waals surface area contributed by atoms with Gasteiger partial charge in [-0.15, -0.1) is 0 Å². The molecule has 12 heteroatoms. The van der Waals surface area contributed by atoms with Gasteiger partial charge in [0.25, 0.3) is 11.8 Å². The summed E-state index contributed by atoms with van der Waals surface area (Å²) in [6.45, 7) is 3.93. The van der Waals surface area contributed by atoms with E-state index in [0.717, 1.165) is 22.4 Å². The van der Waals surface area contributed by atoms with E-state index in [0.29, 0.717) is 18.7 Å². The molecule has 0 aliphatic carbocycles. The largest absolute Gasteiger partial charge is 0.497 e. The number of anilines is 1. The van der Waals surface area contributed by atoms with Gasteiger partial charge in [-0.1, -0.05) is 54.6 Å². The Morgan fingerprint density at radius 1 is 0.776 bits per heavy atom. The second-order valence-corrected chi connectivity index (χ2v) is 13.6. The minimum Gasteiger partial charge on any atom is -0.497 e. The van der Waals surface area contributed by atoms with Crippen molar-refractivity contribution in [3.63, 3.8) is 0 Å². The van der Waals surface area contributed by atoms with Gasteiger partial charge in [0, 0.05) is 24.2 Å². The number of rotatable bonds is 17. The van der Waals surface area contributed by atoms with Crippen molar-refractivity contribution in [1.29, 1.82) is 0 Å². The molecule has 11 nitrogen and oxygen atoms in total. The number of carbonyl (C=O) groups excluding carboxylic acids is 2. The summed E-state index contributed by atoms with van der Waals surface area (Å²) in [5, 5.41) is 20.4. The van der Waals surface area contributed by atoms with Crippen molar-refractivity contribution in [2.24, 2.45) is 0 Å². The molecule has 0 aliphatic rings. The Morgan fingerprint density at radius 3 is 2.04 bits per heavy atom. The van der Waals surface area contributed by atoms with Crippen LogP contribution in [0.25, 0.3) is 0 Å². The predicted octanol–water partition coefficient (Wildman–Crippen LogP) is 4.45. The number of aliphatic hydroxyl groups excluding tert-OH is 1. The lowest BCUT2D eigenvalue weighted by atomic mass is 10.00. The topological polar surface area (TPSA) is 155 Å². The van der Waals surface area contributed by atoms with E-state index in [4.69, 9.17) is 9.47 Å². The summed E-state index contributed by atoms with van der Waals surface area (Å²) in [5.41, 5.74) is 2.85. The lowest BCUT2D eigenvalue weighted by Crippen LogP contribution is -2.48. The van der Waals surface area contributed by atoms with Crippen LogP contribution in [0.5, 0.6) is 11.5 Å². The van der Waals surface area contributed by atoms with Crippen molar-refractivity contribution in [2.45, 2.75) is 45.0 Å².